The maximum absolute atomic E-state index is 12.9. The molecule has 0 saturated heterocycles. The van der Waals surface area contributed by atoms with E-state index in [1.807, 2.05) is 0 Å². The van der Waals surface area contributed by atoms with Crippen molar-refractivity contribution in [1.82, 2.24) is 5.32 Å². The van der Waals surface area contributed by atoms with E-state index in [2.05, 4.69) is 31.3 Å². The lowest BCUT2D eigenvalue weighted by molar-refractivity contribution is -0.870. The quantitative estimate of drug-likeness (QED) is 0.0294. The Kier molecular flexibility index (Phi) is 21.9. The van der Waals surface area contributed by atoms with Crippen LogP contribution in [0, 0.1) is 0 Å². The summed E-state index contributed by atoms with van der Waals surface area (Å²) in [4.78, 5) is 25.6. The van der Waals surface area contributed by atoms with Gasteiger partial charge in [-0.05, 0) is 44.9 Å². The van der Waals surface area contributed by atoms with Crippen LogP contribution in [0.15, 0.2) is 24.3 Å². The van der Waals surface area contributed by atoms with Crippen molar-refractivity contribution in [3.8, 4) is 0 Å². The maximum Gasteiger partial charge on any atom is 0.268 e. The monoisotopic (exact) mass is 710 g/mol. The zero-order valence-corrected chi connectivity index (χ0v) is 31.3. The molecule has 0 bridgehead atoms. The molecule has 48 heavy (non-hydrogen) atoms. The van der Waals surface area contributed by atoms with Gasteiger partial charge in [0, 0.05) is 6.42 Å². The van der Waals surface area contributed by atoms with E-state index in [-0.39, 0.29) is 6.42 Å². The van der Waals surface area contributed by atoms with Crippen LogP contribution in [0.2, 0.25) is 0 Å². The highest BCUT2D eigenvalue weighted by atomic mass is 31.2. The molecule has 0 saturated carbocycles. The SMILES string of the molecule is [2H]C([2H])([2H])[N+](CCOP(=O)([O-])OC[C@H](NC(=O)CCCCCCC/C=C\CCCCCC)[C@H](O)/C=C/CCCCCCCCCCCCC)(C([2H])([2H])[2H])C([2H])([2H])[2H]. The molecule has 9 heteroatoms. The number of hydrogen-bond acceptors (Lipinski definition) is 6. The molecule has 0 aromatic rings. The lowest BCUT2D eigenvalue weighted by atomic mass is 10.0. The molecule has 0 spiro atoms. The Balaban J connectivity index is 5.17. The Morgan fingerprint density at radius 3 is 1.73 bits per heavy atom. The van der Waals surface area contributed by atoms with Gasteiger partial charge >= 0.3 is 0 Å². The molecular weight excluding hydrogens is 623 g/mol. The molecule has 1 amide bonds. The number of nitrogens with one attached hydrogen (secondary N) is 1. The van der Waals surface area contributed by atoms with Gasteiger partial charge in [0.15, 0.2) is 0 Å². The molecule has 8 nitrogen and oxygen atoms in total. The third-order valence-electron chi connectivity index (χ3n) is 8.32. The highest BCUT2D eigenvalue weighted by molar-refractivity contribution is 7.45. The van der Waals surface area contributed by atoms with E-state index in [0.717, 1.165) is 57.8 Å². The lowest BCUT2D eigenvalue weighted by Gasteiger charge is -2.29. The van der Waals surface area contributed by atoms with E-state index in [1.54, 1.807) is 6.08 Å². The van der Waals surface area contributed by atoms with Gasteiger partial charge in [0.1, 0.15) is 13.2 Å². The third kappa shape index (κ3) is 33.5. The molecule has 0 rings (SSSR count). The summed E-state index contributed by atoms with van der Waals surface area (Å²) in [5, 5.41) is 13.6. The number of unbranched alkanes of at least 4 members (excludes halogenated alkanes) is 20. The lowest BCUT2D eigenvalue weighted by Crippen LogP contribution is -2.45. The zero-order chi connectivity index (χ0) is 43.3. The Morgan fingerprint density at radius 1 is 0.750 bits per heavy atom. The van der Waals surface area contributed by atoms with Gasteiger partial charge in [-0.15, -0.1) is 0 Å². The summed E-state index contributed by atoms with van der Waals surface area (Å²) in [7, 11) is -5.29. The molecule has 0 heterocycles. The number of phosphoric ester groups is 1. The number of hydrogen-bond donors (Lipinski definition) is 2. The molecule has 2 N–H and O–H groups in total. The van der Waals surface area contributed by atoms with Crippen molar-refractivity contribution in [2.75, 3.05) is 40.7 Å². The van der Waals surface area contributed by atoms with Crippen LogP contribution in [0.1, 0.15) is 180 Å². The fourth-order valence-corrected chi connectivity index (χ4v) is 6.02. The number of likely N-dealkylation sites (N-methyl/N-ethyl adjacent to an activating group) is 1. The van der Waals surface area contributed by atoms with Crippen molar-refractivity contribution in [2.45, 2.75) is 180 Å². The molecule has 1 unspecified atom stereocenters. The smallest absolute Gasteiger partial charge is 0.268 e. The molecule has 0 aliphatic carbocycles. The number of carbonyl (C=O) groups is 1. The van der Waals surface area contributed by atoms with Crippen molar-refractivity contribution >= 4 is 13.7 Å². The summed E-state index contributed by atoms with van der Waals surface area (Å²) in [6.45, 7) is -9.38. The first-order valence-corrected chi connectivity index (χ1v) is 20.5. The van der Waals surface area contributed by atoms with E-state index in [0.29, 0.717) is 12.8 Å². The molecule has 0 aliphatic heterocycles. The number of aliphatic hydroxyl groups excluding tert-OH is 1. The van der Waals surface area contributed by atoms with Crippen LogP contribution in [0.4, 0.5) is 0 Å². The fraction of sp³-hybridized carbons (Fsp3) is 0.872. The van der Waals surface area contributed by atoms with Gasteiger partial charge in [0.2, 0.25) is 5.91 Å². The van der Waals surface area contributed by atoms with Crippen molar-refractivity contribution in [3.05, 3.63) is 24.3 Å². The van der Waals surface area contributed by atoms with Crippen molar-refractivity contribution in [1.29, 1.82) is 0 Å². The third-order valence-corrected chi connectivity index (χ3v) is 9.28. The predicted molar refractivity (Wildman–Crippen MR) is 201 cm³/mol. The minimum absolute atomic E-state index is 0.161. The molecule has 0 aliphatic rings. The number of carbonyl (C=O) groups excluding carboxylic acids is 1. The van der Waals surface area contributed by atoms with Crippen LogP contribution in [0.3, 0.4) is 0 Å². The van der Waals surface area contributed by atoms with Gasteiger partial charge in [0.25, 0.3) is 7.82 Å². The first-order valence-electron chi connectivity index (χ1n) is 23.5. The van der Waals surface area contributed by atoms with E-state index in [9.17, 15) is 19.4 Å². The van der Waals surface area contributed by atoms with E-state index < -0.39 is 71.0 Å². The molecule has 0 aromatic carbocycles. The van der Waals surface area contributed by atoms with Crippen molar-refractivity contribution in [2.24, 2.45) is 0 Å². The second kappa shape index (κ2) is 31.9. The van der Waals surface area contributed by atoms with Crippen LogP contribution in [-0.4, -0.2) is 68.3 Å². The number of allylic oxidation sites excluding steroid dienone is 3. The Hall–Kier alpha value is -1.02. The van der Waals surface area contributed by atoms with Gasteiger partial charge in [-0.1, -0.05) is 141 Å². The molecule has 284 valence electrons. The largest absolute Gasteiger partial charge is 0.756 e. The second-order valence-electron chi connectivity index (χ2n) is 13.2. The number of amides is 1. The molecular formula is C39H77N2O6P. The fourth-order valence-electron chi connectivity index (χ4n) is 5.30. The summed E-state index contributed by atoms with van der Waals surface area (Å²) < 4.78 is 89.2. The average Bonchev–Trinajstić information content (AvgIpc) is 3.10. The molecule has 3 atom stereocenters. The maximum atomic E-state index is 12.9. The normalized spacial score (nSPS) is 18.5. The zero-order valence-electron chi connectivity index (χ0n) is 39.4. The van der Waals surface area contributed by atoms with Crippen LogP contribution in [0.5, 0.6) is 0 Å². The highest BCUT2D eigenvalue weighted by Gasteiger charge is 2.23. The van der Waals surface area contributed by atoms with Crippen molar-refractivity contribution in [3.63, 3.8) is 0 Å². The Morgan fingerprint density at radius 2 is 1.21 bits per heavy atom. The summed E-state index contributed by atoms with van der Waals surface area (Å²) in [6.07, 6.45) is 32.2. The Labute approximate surface area is 309 Å². The van der Waals surface area contributed by atoms with E-state index in [1.165, 1.54) is 83.1 Å². The summed E-state index contributed by atoms with van der Waals surface area (Å²) in [6, 6.07) is -1.19. The highest BCUT2D eigenvalue weighted by Crippen LogP contribution is 2.38. The minimum Gasteiger partial charge on any atom is -0.756 e. The standard InChI is InChI=1S/C39H77N2O6P/c1-6-8-10-12-14-16-18-20-22-24-26-28-30-32-38(42)37(36-47-48(44,45)46-35-34-41(3,4)5)40-39(43)33-31-29-27-25-23-21-19-17-15-13-11-9-7-2/h17,19,30,32,37-38,42H,6-16,18,20-29,31,33-36H2,1-5H3,(H-,40,43,44,45)/b19-17-,32-30+/t37-,38+/m0/s1/i3D3,4D3,5D3. The molecule has 0 aromatic heterocycles. The minimum atomic E-state index is -5.29. The van der Waals surface area contributed by atoms with Gasteiger partial charge in [0.05, 0.1) is 52.0 Å². The number of aliphatic hydroxyl groups is 1. The van der Waals surface area contributed by atoms with Gasteiger partial charge in [-0.25, -0.2) is 0 Å². The summed E-state index contributed by atoms with van der Waals surface area (Å²) in [5.41, 5.74) is 0. The molecule has 0 radical (unpaired) electrons. The summed E-state index contributed by atoms with van der Waals surface area (Å²) >= 11 is 0. The van der Waals surface area contributed by atoms with Crippen LogP contribution < -0.4 is 10.2 Å². The van der Waals surface area contributed by atoms with Gasteiger partial charge in [-0.2, -0.15) is 0 Å². The van der Waals surface area contributed by atoms with Crippen LogP contribution in [-0.2, 0) is 18.4 Å². The number of rotatable bonds is 35. The second-order valence-corrected chi connectivity index (χ2v) is 14.6. The van der Waals surface area contributed by atoms with Gasteiger partial charge in [-0.3, -0.25) is 9.36 Å². The van der Waals surface area contributed by atoms with Crippen LogP contribution in [0.25, 0.3) is 0 Å². The number of quaternary nitrogens is 1. The number of nitrogens with zero attached hydrogens (tertiary/aromatic N) is 1. The number of phosphoric acid groups is 1. The Bertz CT molecular complexity index is 1100. The van der Waals surface area contributed by atoms with Gasteiger partial charge < -0.3 is 28.8 Å². The average molecular weight is 710 g/mol. The predicted octanol–water partition coefficient (Wildman–Crippen LogP) is 9.55. The van der Waals surface area contributed by atoms with Crippen molar-refractivity contribution < 1.29 is 45.2 Å². The first-order chi connectivity index (χ1) is 26.8. The van der Waals surface area contributed by atoms with E-state index >= 15 is 0 Å². The van der Waals surface area contributed by atoms with Crippen LogP contribution >= 0.6 is 7.82 Å². The first kappa shape index (κ1) is 32.9. The molecule has 0 fully saturated rings. The summed E-state index contributed by atoms with van der Waals surface area (Å²) in [5.74, 6) is -0.399. The topological polar surface area (TPSA) is 108 Å². The van der Waals surface area contributed by atoms with E-state index in [4.69, 9.17) is 21.4 Å².